The largest absolute Gasteiger partial charge is 0.458 e. The summed E-state index contributed by atoms with van der Waals surface area (Å²) in [5, 5.41) is 2.29. The van der Waals surface area contributed by atoms with Crippen molar-refractivity contribution >= 4 is 32.8 Å². The second kappa shape index (κ2) is 17.8. The average molecular weight is 889 g/mol. The van der Waals surface area contributed by atoms with E-state index < -0.39 is 0 Å². The fourth-order valence-corrected chi connectivity index (χ4v) is 9.94. The molecule has 12 aromatic rings. The maximum absolute atomic E-state index is 6.87. The number of benzene rings is 9. The van der Waals surface area contributed by atoms with E-state index in [0.29, 0.717) is 5.92 Å². The van der Waals surface area contributed by atoms with Gasteiger partial charge >= 0.3 is 0 Å². The van der Waals surface area contributed by atoms with E-state index in [1.54, 1.807) is 0 Å². The first-order valence-electron chi connectivity index (χ1n) is 23.7. The van der Waals surface area contributed by atoms with Gasteiger partial charge in [0, 0.05) is 28.6 Å². The van der Waals surface area contributed by atoms with Gasteiger partial charge in [-0.05, 0) is 105 Å². The summed E-state index contributed by atoms with van der Waals surface area (Å²) in [7, 11) is 0. The molecule has 0 saturated heterocycles. The summed E-state index contributed by atoms with van der Waals surface area (Å²) < 4.78 is 13.5. The molecule has 0 aliphatic carbocycles. The van der Waals surface area contributed by atoms with Crippen molar-refractivity contribution in [2.45, 2.75) is 20.3 Å². The quantitative estimate of drug-likeness (QED) is 0.0958. The van der Waals surface area contributed by atoms with Gasteiger partial charge in [0.05, 0.1) is 33.4 Å². The number of fused-ring (bicyclic) bond motifs is 4. The number of nitrogens with zero attached hydrogens (tertiary/aromatic N) is 4. The molecule has 0 aliphatic rings. The Labute approximate surface area is 402 Å². The van der Waals surface area contributed by atoms with Crippen molar-refractivity contribution in [3.63, 3.8) is 0 Å². The molecule has 0 bridgehead atoms. The van der Waals surface area contributed by atoms with Gasteiger partial charge < -0.3 is 4.74 Å². The van der Waals surface area contributed by atoms with Gasteiger partial charge in [0.25, 0.3) is 6.33 Å². The van der Waals surface area contributed by atoms with Gasteiger partial charge in [0.1, 0.15) is 17.3 Å². The molecule has 0 aliphatic heterocycles. The second-order valence-electron chi connectivity index (χ2n) is 18.1. The average Bonchev–Trinajstić information content (AvgIpc) is 3.95. The number of ether oxygens (including phenoxy) is 1. The van der Waals surface area contributed by atoms with Gasteiger partial charge in [-0.3, -0.25) is 13.7 Å². The summed E-state index contributed by atoms with van der Waals surface area (Å²) in [5.41, 5.74) is 16.7. The van der Waals surface area contributed by atoms with E-state index in [2.05, 4.69) is 265 Å². The minimum absolute atomic E-state index is 0.467. The maximum Gasteiger partial charge on any atom is 0.269 e. The summed E-state index contributed by atoms with van der Waals surface area (Å²) in [6, 6.07) is 81.3. The molecule has 9 aromatic carbocycles. The highest BCUT2D eigenvalue weighted by molar-refractivity contribution is 6.10. The molecule has 5 nitrogen and oxygen atoms in total. The Kier molecular flexibility index (Phi) is 10.7. The number of pyridine rings is 1. The number of aromatic nitrogens is 4. The van der Waals surface area contributed by atoms with Gasteiger partial charge in [0.15, 0.2) is 0 Å². The Hall–Kier alpha value is -8.80. The van der Waals surface area contributed by atoms with E-state index in [9.17, 15) is 0 Å². The molecule has 330 valence electrons. The summed E-state index contributed by atoms with van der Waals surface area (Å²) in [4.78, 5) is 5.21. The Morgan fingerprint density at radius 3 is 1.77 bits per heavy atom. The van der Waals surface area contributed by atoms with Gasteiger partial charge in [-0.25, -0.2) is 4.98 Å². The second-order valence-corrected chi connectivity index (χ2v) is 18.1. The number of para-hydroxylation sites is 3. The van der Waals surface area contributed by atoms with Crippen LogP contribution in [-0.4, -0.2) is 14.1 Å². The Morgan fingerprint density at radius 2 is 1.09 bits per heavy atom. The van der Waals surface area contributed by atoms with Crippen LogP contribution >= 0.6 is 0 Å². The van der Waals surface area contributed by atoms with Gasteiger partial charge in [0.2, 0.25) is 0 Å². The molecule has 0 radical (unpaired) electrons. The first-order valence-corrected chi connectivity index (χ1v) is 23.7. The van der Waals surface area contributed by atoms with Crippen LogP contribution in [0.4, 0.5) is 0 Å². The molecular formula is C64H48N4O. The fourth-order valence-electron chi connectivity index (χ4n) is 9.94. The molecule has 12 rings (SSSR count). The van der Waals surface area contributed by atoms with E-state index in [4.69, 9.17) is 9.72 Å². The van der Waals surface area contributed by atoms with Crippen molar-refractivity contribution in [3.8, 4) is 73.2 Å². The molecule has 69 heavy (non-hydrogen) atoms. The van der Waals surface area contributed by atoms with Crippen molar-refractivity contribution in [1.29, 1.82) is 0 Å². The number of rotatable bonds is 11. The molecular weight excluding hydrogens is 841 g/mol. The number of hydrogen-bond acceptors (Lipinski definition) is 2. The monoisotopic (exact) mass is 888 g/mol. The summed E-state index contributed by atoms with van der Waals surface area (Å²) in [6.45, 7) is 4.56. The van der Waals surface area contributed by atoms with Crippen LogP contribution in [0.3, 0.4) is 0 Å². The van der Waals surface area contributed by atoms with E-state index in [0.717, 1.165) is 90.2 Å². The third kappa shape index (κ3) is 7.84. The number of hydrogen-bond donors (Lipinski definition) is 0. The third-order valence-corrected chi connectivity index (χ3v) is 13.1. The standard InChI is InChI=1S/C64H48N4O/c1-44(2)37-50-39-63(65-42-58(50)48-25-13-6-14-26-48)68-59-36-33-49(45-19-7-3-8-20-45)38-57(59)56-35-34-53(41-62(56)68)69-52-28-17-27-51(40-52)66-43-67(61-32-16-15-31-60(61)66)64-54(46-21-9-4-10-22-46)29-18-30-55(64)47-23-11-5-12-24-47/h3-36,38-42,44H,37H2,1-2H3. The molecule has 3 heterocycles. The zero-order chi connectivity index (χ0) is 46.3. The predicted molar refractivity (Wildman–Crippen MR) is 283 cm³/mol. The highest BCUT2D eigenvalue weighted by Crippen LogP contribution is 2.39. The molecule has 0 N–H and O–H groups in total. The maximum atomic E-state index is 6.87. The Bertz CT molecular complexity index is 3740. The zero-order valence-corrected chi connectivity index (χ0v) is 38.5. The van der Waals surface area contributed by atoms with Gasteiger partial charge in [-0.1, -0.05) is 190 Å². The molecule has 0 amide bonds. The normalized spacial score (nSPS) is 11.5. The van der Waals surface area contributed by atoms with Crippen LogP contribution in [0.5, 0.6) is 11.5 Å². The minimum Gasteiger partial charge on any atom is -0.458 e. The van der Waals surface area contributed by atoms with Gasteiger partial charge in [-0.2, -0.15) is 0 Å². The van der Waals surface area contributed by atoms with Crippen LogP contribution in [0, 0.1) is 12.2 Å². The SMILES string of the molecule is CC(C)Cc1cc(-n2c3ccc(-c4ccccc4)cc3c3ccc(Oc4cccc(-n5[c-][n+](-c6c(-c7ccccc7)cccc6-c6ccccc6)c6ccccc65)c4)cc32)ncc1-c1ccccc1. The smallest absolute Gasteiger partial charge is 0.269 e. The van der Waals surface area contributed by atoms with Crippen LogP contribution in [0.1, 0.15) is 19.4 Å². The van der Waals surface area contributed by atoms with Crippen molar-refractivity contribution in [2.24, 2.45) is 5.92 Å². The Morgan fingerprint density at radius 1 is 0.478 bits per heavy atom. The first-order chi connectivity index (χ1) is 34.0. The van der Waals surface area contributed by atoms with Crippen molar-refractivity contribution in [2.75, 3.05) is 0 Å². The number of imidazole rings is 1. The molecule has 0 spiro atoms. The molecule has 0 unspecified atom stereocenters. The van der Waals surface area contributed by atoms with Crippen molar-refractivity contribution < 1.29 is 9.30 Å². The third-order valence-electron chi connectivity index (χ3n) is 13.1. The van der Waals surface area contributed by atoms with E-state index >= 15 is 0 Å². The van der Waals surface area contributed by atoms with Crippen molar-refractivity contribution in [1.82, 2.24) is 14.1 Å². The van der Waals surface area contributed by atoms with Crippen LogP contribution in [-0.2, 0) is 6.42 Å². The van der Waals surface area contributed by atoms with E-state index in [1.807, 2.05) is 6.07 Å². The van der Waals surface area contributed by atoms with E-state index in [-0.39, 0.29) is 0 Å². The lowest BCUT2D eigenvalue weighted by Crippen LogP contribution is -2.31. The van der Waals surface area contributed by atoms with E-state index in [1.165, 1.54) is 27.8 Å². The topological polar surface area (TPSA) is 35.9 Å². The first kappa shape index (κ1) is 41.6. The van der Waals surface area contributed by atoms with Crippen LogP contribution in [0.25, 0.3) is 94.5 Å². The lowest BCUT2D eigenvalue weighted by molar-refractivity contribution is -0.571. The minimum atomic E-state index is 0.467. The molecule has 0 atom stereocenters. The van der Waals surface area contributed by atoms with Crippen LogP contribution in [0.2, 0.25) is 0 Å². The Balaban J connectivity index is 0.976. The summed E-state index contributed by atoms with van der Waals surface area (Å²) >= 11 is 0. The zero-order valence-electron chi connectivity index (χ0n) is 38.5. The van der Waals surface area contributed by atoms with Gasteiger partial charge in [-0.15, -0.1) is 0 Å². The molecule has 0 fully saturated rings. The highest BCUT2D eigenvalue weighted by Gasteiger charge is 2.21. The molecule has 0 saturated carbocycles. The fraction of sp³-hybridized carbons (Fsp3) is 0.0625. The summed E-state index contributed by atoms with van der Waals surface area (Å²) in [6.07, 6.45) is 6.80. The molecule has 3 aromatic heterocycles. The molecule has 5 heteroatoms. The van der Waals surface area contributed by atoms with Crippen molar-refractivity contribution in [3.05, 3.63) is 249 Å². The van der Waals surface area contributed by atoms with Crippen LogP contribution < -0.4 is 9.30 Å². The lowest BCUT2D eigenvalue weighted by atomic mass is 9.95. The lowest BCUT2D eigenvalue weighted by Gasteiger charge is -2.17. The summed E-state index contributed by atoms with van der Waals surface area (Å²) in [5.74, 6) is 2.80. The van der Waals surface area contributed by atoms with Crippen LogP contribution in [0.15, 0.2) is 237 Å². The highest BCUT2D eigenvalue weighted by atomic mass is 16.5. The predicted octanol–water partition coefficient (Wildman–Crippen LogP) is 15.9.